The molecule has 4 rings (SSSR count). The Hall–Kier alpha value is -3.35. The van der Waals surface area contributed by atoms with Gasteiger partial charge in [0, 0.05) is 36.0 Å². The van der Waals surface area contributed by atoms with Gasteiger partial charge in [0.2, 0.25) is 0 Å². The fourth-order valence-electron chi connectivity index (χ4n) is 4.22. The molecule has 1 amide bonds. The van der Waals surface area contributed by atoms with Crippen LogP contribution in [0.4, 0.5) is 0 Å². The minimum absolute atomic E-state index is 0.0542. The molecule has 7 nitrogen and oxygen atoms in total. The molecule has 32 heavy (non-hydrogen) atoms. The number of fused-ring (bicyclic) bond motifs is 1. The Labute approximate surface area is 188 Å². The Bertz CT molecular complexity index is 1090. The van der Waals surface area contributed by atoms with Crippen LogP contribution in [0.5, 0.6) is 17.2 Å². The van der Waals surface area contributed by atoms with Gasteiger partial charge in [-0.1, -0.05) is 0 Å². The van der Waals surface area contributed by atoms with Crippen molar-refractivity contribution >= 4 is 16.8 Å². The van der Waals surface area contributed by atoms with Crippen molar-refractivity contribution in [2.75, 3.05) is 27.3 Å². The molecule has 3 aromatic rings. The zero-order valence-corrected chi connectivity index (χ0v) is 19.0. The highest BCUT2D eigenvalue weighted by molar-refractivity contribution is 5.94. The lowest BCUT2D eigenvalue weighted by Crippen LogP contribution is -2.38. The molecule has 1 aliphatic heterocycles. The average molecular weight is 436 g/mol. The first-order valence-corrected chi connectivity index (χ1v) is 10.9. The summed E-state index contributed by atoms with van der Waals surface area (Å²) in [6.07, 6.45) is 3.40. The number of ether oxygens (including phenoxy) is 3. The van der Waals surface area contributed by atoms with Crippen LogP contribution in [0.25, 0.3) is 10.9 Å². The van der Waals surface area contributed by atoms with Gasteiger partial charge in [-0.15, -0.1) is 0 Å². The van der Waals surface area contributed by atoms with Gasteiger partial charge in [-0.2, -0.15) is 0 Å². The van der Waals surface area contributed by atoms with E-state index in [4.69, 9.17) is 14.2 Å². The maximum Gasteiger partial charge on any atom is 0.253 e. The van der Waals surface area contributed by atoms with E-state index in [0.29, 0.717) is 30.2 Å². The van der Waals surface area contributed by atoms with Crippen LogP contribution in [0.1, 0.15) is 48.7 Å². The zero-order valence-electron chi connectivity index (χ0n) is 19.0. The van der Waals surface area contributed by atoms with E-state index in [-0.39, 0.29) is 17.9 Å². The van der Waals surface area contributed by atoms with Crippen molar-refractivity contribution in [1.82, 2.24) is 14.9 Å². The minimum atomic E-state index is 0.0542. The quantitative estimate of drug-likeness (QED) is 0.569. The molecule has 2 aromatic carbocycles. The molecule has 0 radical (unpaired) electrons. The van der Waals surface area contributed by atoms with Crippen molar-refractivity contribution in [1.29, 1.82) is 0 Å². The van der Waals surface area contributed by atoms with Crippen molar-refractivity contribution in [3.63, 3.8) is 0 Å². The normalized spacial score (nSPS) is 14.6. The first kappa shape index (κ1) is 21.9. The number of aromatic nitrogens is 2. The smallest absolute Gasteiger partial charge is 0.253 e. The van der Waals surface area contributed by atoms with Gasteiger partial charge < -0.3 is 19.1 Å². The van der Waals surface area contributed by atoms with Crippen LogP contribution in [0.2, 0.25) is 0 Å². The third kappa shape index (κ3) is 4.47. The van der Waals surface area contributed by atoms with Crippen LogP contribution < -0.4 is 14.2 Å². The molecule has 0 aliphatic carbocycles. The van der Waals surface area contributed by atoms with Crippen LogP contribution in [0.15, 0.2) is 42.7 Å². The van der Waals surface area contributed by atoms with E-state index in [2.05, 4.69) is 9.97 Å². The maximum atomic E-state index is 13.0. The van der Waals surface area contributed by atoms with Gasteiger partial charge in [-0.3, -0.25) is 4.79 Å². The summed E-state index contributed by atoms with van der Waals surface area (Å²) in [5.74, 6) is 2.39. The van der Waals surface area contributed by atoms with Gasteiger partial charge in [-0.25, -0.2) is 9.97 Å². The summed E-state index contributed by atoms with van der Waals surface area (Å²) < 4.78 is 16.5. The molecule has 0 atom stereocenters. The lowest BCUT2D eigenvalue weighted by atomic mass is 9.90. The zero-order chi connectivity index (χ0) is 22.7. The Morgan fingerprint density at radius 3 is 2.28 bits per heavy atom. The second-order valence-electron chi connectivity index (χ2n) is 8.24. The summed E-state index contributed by atoms with van der Waals surface area (Å²) >= 11 is 0. The first-order chi connectivity index (χ1) is 15.5. The van der Waals surface area contributed by atoms with E-state index >= 15 is 0 Å². The highest BCUT2D eigenvalue weighted by Crippen LogP contribution is 2.36. The molecule has 1 fully saturated rings. The van der Waals surface area contributed by atoms with Crippen molar-refractivity contribution < 1.29 is 19.0 Å². The minimum Gasteiger partial charge on any atom is -0.493 e. The Balaban J connectivity index is 1.48. The average Bonchev–Trinajstić information content (AvgIpc) is 2.82. The number of hydrogen-bond donors (Lipinski definition) is 0. The van der Waals surface area contributed by atoms with Crippen molar-refractivity contribution in [3.8, 4) is 17.2 Å². The monoisotopic (exact) mass is 435 g/mol. The lowest BCUT2D eigenvalue weighted by Gasteiger charge is -2.32. The number of carbonyl (C=O) groups is 1. The van der Waals surface area contributed by atoms with E-state index in [1.54, 1.807) is 20.5 Å². The number of carbonyl (C=O) groups excluding carboxylic acids is 1. The highest BCUT2D eigenvalue weighted by Gasteiger charge is 2.27. The molecule has 2 heterocycles. The van der Waals surface area contributed by atoms with Crippen LogP contribution in [-0.2, 0) is 0 Å². The molecule has 0 bridgehead atoms. The number of amides is 1. The number of nitrogens with zero attached hydrogens (tertiary/aromatic N) is 3. The summed E-state index contributed by atoms with van der Waals surface area (Å²) in [5.41, 5.74) is 2.51. The number of methoxy groups -OCH3 is 2. The number of rotatable bonds is 6. The van der Waals surface area contributed by atoms with Crippen molar-refractivity contribution in [2.45, 2.75) is 38.7 Å². The van der Waals surface area contributed by atoms with Gasteiger partial charge in [0.15, 0.2) is 11.5 Å². The van der Waals surface area contributed by atoms with Crippen LogP contribution in [0, 0.1) is 0 Å². The number of piperidine rings is 1. The molecule has 7 heteroatoms. The van der Waals surface area contributed by atoms with Gasteiger partial charge in [0.25, 0.3) is 5.91 Å². The van der Waals surface area contributed by atoms with E-state index < -0.39 is 0 Å². The molecule has 1 saturated heterocycles. The molecular formula is C25H29N3O4. The first-order valence-electron chi connectivity index (χ1n) is 10.9. The predicted octanol–water partition coefficient (Wildman–Crippen LogP) is 4.45. The second kappa shape index (κ2) is 9.42. The molecule has 0 saturated carbocycles. The summed E-state index contributed by atoms with van der Waals surface area (Å²) in [5, 5.41) is 0.968. The molecule has 1 aliphatic rings. The molecule has 1 aromatic heterocycles. The largest absolute Gasteiger partial charge is 0.493 e. The maximum absolute atomic E-state index is 13.0. The number of likely N-dealkylation sites (tertiary alicyclic amines) is 1. The summed E-state index contributed by atoms with van der Waals surface area (Å²) in [6, 6.07) is 11.2. The van der Waals surface area contributed by atoms with E-state index in [1.165, 1.54) is 0 Å². The van der Waals surface area contributed by atoms with Gasteiger partial charge in [0.1, 0.15) is 12.1 Å². The van der Waals surface area contributed by atoms with Crippen molar-refractivity contribution in [3.05, 3.63) is 54.0 Å². The topological polar surface area (TPSA) is 73.8 Å². The SMILES string of the molecule is COc1cc2ncnc(C3CCN(C(=O)c4ccc(OC(C)C)cc4)CC3)c2cc1OC. The van der Waals surface area contributed by atoms with Gasteiger partial charge >= 0.3 is 0 Å². The Morgan fingerprint density at radius 2 is 1.66 bits per heavy atom. The fraction of sp³-hybridized carbons (Fsp3) is 0.400. The van der Waals surface area contributed by atoms with Crippen LogP contribution >= 0.6 is 0 Å². The summed E-state index contributed by atoms with van der Waals surface area (Å²) in [6.45, 7) is 5.34. The third-order valence-electron chi connectivity index (χ3n) is 5.81. The predicted molar refractivity (Wildman–Crippen MR) is 123 cm³/mol. The lowest BCUT2D eigenvalue weighted by molar-refractivity contribution is 0.0712. The molecule has 0 spiro atoms. The molecule has 0 N–H and O–H groups in total. The van der Waals surface area contributed by atoms with E-state index in [0.717, 1.165) is 35.2 Å². The third-order valence-corrected chi connectivity index (χ3v) is 5.81. The molecule has 168 valence electrons. The summed E-state index contributed by atoms with van der Waals surface area (Å²) in [7, 11) is 3.24. The standard InChI is InChI=1S/C25H29N3O4/c1-16(2)32-19-7-5-18(6-8-19)25(29)28-11-9-17(10-12-28)24-20-13-22(30-3)23(31-4)14-21(20)26-15-27-24/h5-8,13-17H,9-12H2,1-4H3. The van der Waals surface area contributed by atoms with Crippen LogP contribution in [-0.4, -0.2) is 54.2 Å². The number of hydrogen-bond acceptors (Lipinski definition) is 6. The Kier molecular flexibility index (Phi) is 6.44. The number of benzene rings is 2. The van der Waals surface area contributed by atoms with E-state index in [1.807, 2.05) is 55.1 Å². The molecule has 0 unspecified atom stereocenters. The van der Waals surface area contributed by atoms with Crippen LogP contribution in [0.3, 0.4) is 0 Å². The van der Waals surface area contributed by atoms with Gasteiger partial charge in [0.05, 0.1) is 31.5 Å². The van der Waals surface area contributed by atoms with Gasteiger partial charge in [-0.05, 0) is 57.0 Å². The fourth-order valence-corrected chi connectivity index (χ4v) is 4.22. The highest BCUT2D eigenvalue weighted by atomic mass is 16.5. The van der Waals surface area contributed by atoms with E-state index in [9.17, 15) is 4.79 Å². The Morgan fingerprint density at radius 1 is 1.00 bits per heavy atom. The van der Waals surface area contributed by atoms with Crippen molar-refractivity contribution in [2.24, 2.45) is 0 Å². The summed E-state index contributed by atoms with van der Waals surface area (Å²) in [4.78, 5) is 23.9. The second-order valence-corrected chi connectivity index (χ2v) is 8.24. The molecular weight excluding hydrogens is 406 g/mol.